The third kappa shape index (κ3) is 2.45. The zero-order valence-corrected chi connectivity index (χ0v) is 7.05. The van der Waals surface area contributed by atoms with E-state index in [0.29, 0.717) is 0 Å². The van der Waals surface area contributed by atoms with E-state index in [1.807, 2.05) is 0 Å². The lowest BCUT2D eigenvalue weighted by Crippen LogP contribution is -2.05. The standard InChI is InChI=1S/C9H15NO/c1-2-3-4-5-8-6-7-10-9(8)11/h7-8H,2-6H2,1H3. The van der Waals surface area contributed by atoms with Crippen LogP contribution < -0.4 is 0 Å². The van der Waals surface area contributed by atoms with Crippen molar-refractivity contribution in [3.05, 3.63) is 0 Å². The average molecular weight is 153 g/mol. The van der Waals surface area contributed by atoms with E-state index in [-0.39, 0.29) is 11.8 Å². The first-order valence-electron chi connectivity index (χ1n) is 4.41. The van der Waals surface area contributed by atoms with Crippen LogP contribution in [0, 0.1) is 5.92 Å². The smallest absolute Gasteiger partial charge is 0.248 e. The molecule has 1 rings (SSSR count). The molecule has 62 valence electrons. The van der Waals surface area contributed by atoms with Gasteiger partial charge in [0.2, 0.25) is 5.91 Å². The van der Waals surface area contributed by atoms with E-state index >= 15 is 0 Å². The van der Waals surface area contributed by atoms with Gasteiger partial charge in [0.1, 0.15) is 0 Å². The fourth-order valence-corrected chi connectivity index (χ4v) is 1.36. The Hall–Kier alpha value is -0.660. The molecule has 0 spiro atoms. The molecule has 0 aromatic carbocycles. The van der Waals surface area contributed by atoms with Gasteiger partial charge in [-0.25, -0.2) is 4.99 Å². The third-order valence-corrected chi connectivity index (χ3v) is 2.11. The summed E-state index contributed by atoms with van der Waals surface area (Å²) in [4.78, 5) is 14.7. The molecular weight excluding hydrogens is 138 g/mol. The van der Waals surface area contributed by atoms with Crippen LogP contribution in [-0.4, -0.2) is 12.1 Å². The summed E-state index contributed by atoms with van der Waals surface area (Å²) in [6.45, 7) is 2.17. The van der Waals surface area contributed by atoms with Crippen molar-refractivity contribution in [2.75, 3.05) is 0 Å². The second-order valence-electron chi connectivity index (χ2n) is 3.08. The van der Waals surface area contributed by atoms with E-state index in [0.717, 1.165) is 12.8 Å². The van der Waals surface area contributed by atoms with Crippen LogP contribution >= 0.6 is 0 Å². The number of carbonyl (C=O) groups excluding carboxylic acids is 1. The van der Waals surface area contributed by atoms with Gasteiger partial charge in [-0.3, -0.25) is 4.79 Å². The van der Waals surface area contributed by atoms with Crippen molar-refractivity contribution in [2.45, 2.75) is 39.0 Å². The van der Waals surface area contributed by atoms with Gasteiger partial charge in [0.25, 0.3) is 0 Å². The summed E-state index contributed by atoms with van der Waals surface area (Å²) >= 11 is 0. The SMILES string of the molecule is CCCCCC1CC=NC1=O. The molecule has 0 N–H and O–H groups in total. The number of rotatable bonds is 4. The molecule has 0 saturated heterocycles. The fourth-order valence-electron chi connectivity index (χ4n) is 1.36. The number of carbonyl (C=O) groups is 1. The van der Waals surface area contributed by atoms with Crippen LogP contribution in [0.5, 0.6) is 0 Å². The molecule has 0 aliphatic carbocycles. The Labute approximate surface area is 67.7 Å². The molecule has 0 aromatic heterocycles. The molecule has 1 unspecified atom stereocenters. The quantitative estimate of drug-likeness (QED) is 0.569. The van der Waals surface area contributed by atoms with Crippen LogP contribution in [0.25, 0.3) is 0 Å². The average Bonchev–Trinajstić information content (AvgIpc) is 2.37. The normalized spacial score (nSPS) is 23.0. The molecule has 0 bridgehead atoms. The summed E-state index contributed by atoms with van der Waals surface area (Å²) in [5, 5.41) is 0. The predicted octanol–water partition coefficient (Wildman–Crippen LogP) is 2.18. The predicted molar refractivity (Wildman–Crippen MR) is 45.7 cm³/mol. The van der Waals surface area contributed by atoms with Crippen LogP contribution in [0.15, 0.2) is 4.99 Å². The van der Waals surface area contributed by atoms with E-state index in [9.17, 15) is 4.79 Å². The molecule has 1 atom stereocenters. The molecular formula is C9H15NO. The second-order valence-corrected chi connectivity index (χ2v) is 3.08. The highest BCUT2D eigenvalue weighted by Gasteiger charge is 2.19. The third-order valence-electron chi connectivity index (χ3n) is 2.11. The van der Waals surface area contributed by atoms with Gasteiger partial charge in [-0.15, -0.1) is 0 Å². The topological polar surface area (TPSA) is 29.4 Å². The van der Waals surface area contributed by atoms with E-state index in [2.05, 4.69) is 11.9 Å². The lowest BCUT2D eigenvalue weighted by Gasteiger charge is -2.03. The summed E-state index contributed by atoms with van der Waals surface area (Å²) in [7, 11) is 0. The lowest BCUT2D eigenvalue weighted by molar-refractivity contribution is -0.120. The summed E-state index contributed by atoms with van der Waals surface area (Å²) in [5.41, 5.74) is 0. The maximum absolute atomic E-state index is 11.0. The number of hydrogen-bond acceptors (Lipinski definition) is 1. The van der Waals surface area contributed by atoms with Gasteiger partial charge < -0.3 is 0 Å². The van der Waals surface area contributed by atoms with Crippen molar-refractivity contribution < 1.29 is 4.79 Å². The lowest BCUT2D eigenvalue weighted by atomic mass is 10.00. The fraction of sp³-hybridized carbons (Fsp3) is 0.778. The maximum Gasteiger partial charge on any atom is 0.248 e. The van der Waals surface area contributed by atoms with Gasteiger partial charge in [-0.1, -0.05) is 26.2 Å². The zero-order valence-electron chi connectivity index (χ0n) is 7.05. The van der Waals surface area contributed by atoms with Crippen LogP contribution in [-0.2, 0) is 4.79 Å². The van der Waals surface area contributed by atoms with Crippen LogP contribution in [0.3, 0.4) is 0 Å². The van der Waals surface area contributed by atoms with Gasteiger partial charge >= 0.3 is 0 Å². The molecule has 2 heteroatoms. The Kier molecular flexibility index (Phi) is 3.27. The first-order chi connectivity index (χ1) is 5.34. The highest BCUT2D eigenvalue weighted by molar-refractivity contribution is 5.93. The highest BCUT2D eigenvalue weighted by atomic mass is 16.1. The van der Waals surface area contributed by atoms with Gasteiger partial charge in [-0.05, 0) is 12.8 Å². The summed E-state index contributed by atoms with van der Waals surface area (Å²) in [6, 6.07) is 0. The molecule has 0 fully saturated rings. The van der Waals surface area contributed by atoms with Crippen molar-refractivity contribution in [2.24, 2.45) is 10.9 Å². The largest absolute Gasteiger partial charge is 0.272 e. The van der Waals surface area contributed by atoms with Crippen LogP contribution in [0.4, 0.5) is 0 Å². The van der Waals surface area contributed by atoms with Crippen molar-refractivity contribution in [3.8, 4) is 0 Å². The monoisotopic (exact) mass is 153 g/mol. The molecule has 0 radical (unpaired) electrons. The van der Waals surface area contributed by atoms with Crippen molar-refractivity contribution in [1.82, 2.24) is 0 Å². The molecule has 0 aromatic rings. The van der Waals surface area contributed by atoms with Crippen molar-refractivity contribution in [3.63, 3.8) is 0 Å². The van der Waals surface area contributed by atoms with Gasteiger partial charge in [0.05, 0.1) is 0 Å². The summed E-state index contributed by atoms with van der Waals surface area (Å²) in [6.07, 6.45) is 7.30. The molecule has 1 aliphatic rings. The number of amides is 1. The minimum absolute atomic E-state index is 0.0982. The van der Waals surface area contributed by atoms with Gasteiger partial charge in [0, 0.05) is 12.1 Å². The first-order valence-corrected chi connectivity index (χ1v) is 4.41. The molecule has 1 aliphatic heterocycles. The molecule has 0 saturated carbocycles. The molecule has 1 amide bonds. The van der Waals surface area contributed by atoms with Crippen molar-refractivity contribution >= 4 is 12.1 Å². The Morgan fingerprint density at radius 3 is 3.00 bits per heavy atom. The molecule has 2 nitrogen and oxygen atoms in total. The van der Waals surface area contributed by atoms with E-state index < -0.39 is 0 Å². The minimum atomic E-state index is 0.0982. The second kappa shape index (κ2) is 4.27. The van der Waals surface area contributed by atoms with Crippen molar-refractivity contribution in [1.29, 1.82) is 0 Å². The Morgan fingerprint density at radius 1 is 1.64 bits per heavy atom. The van der Waals surface area contributed by atoms with E-state index in [1.54, 1.807) is 6.21 Å². The first kappa shape index (κ1) is 8.44. The zero-order chi connectivity index (χ0) is 8.10. The van der Waals surface area contributed by atoms with Crippen LogP contribution in [0.2, 0.25) is 0 Å². The molecule has 1 heterocycles. The number of aliphatic imine (C=N–C) groups is 1. The van der Waals surface area contributed by atoms with Gasteiger partial charge in [0.15, 0.2) is 0 Å². The number of hydrogen-bond donors (Lipinski definition) is 0. The van der Waals surface area contributed by atoms with Crippen LogP contribution in [0.1, 0.15) is 39.0 Å². The Balaban J connectivity index is 2.13. The van der Waals surface area contributed by atoms with E-state index in [1.165, 1.54) is 19.3 Å². The Morgan fingerprint density at radius 2 is 2.45 bits per heavy atom. The van der Waals surface area contributed by atoms with E-state index in [4.69, 9.17) is 0 Å². The maximum atomic E-state index is 11.0. The highest BCUT2D eigenvalue weighted by Crippen LogP contribution is 2.18. The number of unbranched alkanes of at least 4 members (excludes halogenated alkanes) is 2. The number of nitrogens with zero attached hydrogens (tertiary/aromatic N) is 1. The summed E-state index contributed by atoms with van der Waals surface area (Å²) in [5.74, 6) is 0.322. The molecule has 11 heavy (non-hydrogen) atoms. The summed E-state index contributed by atoms with van der Waals surface area (Å²) < 4.78 is 0. The Bertz CT molecular complexity index is 163. The minimum Gasteiger partial charge on any atom is -0.272 e. The van der Waals surface area contributed by atoms with Gasteiger partial charge in [-0.2, -0.15) is 0 Å².